The van der Waals surface area contributed by atoms with Crippen LogP contribution in [-0.4, -0.2) is 46.9 Å². The standard InChI is InChI=1S/C19H31N7/c1-15(2)22-19(21-14-18-24-23-16(3)26(18)5)20-12-9-13-25(4)17-10-7-6-8-11-17/h6-8,10-11,15H,9,12-14H2,1-5H3,(H2,20,21,22). The number of nitrogens with one attached hydrogen (secondary N) is 2. The molecular weight excluding hydrogens is 326 g/mol. The number of guanidine groups is 1. The van der Waals surface area contributed by atoms with E-state index in [9.17, 15) is 0 Å². The molecule has 26 heavy (non-hydrogen) atoms. The lowest BCUT2D eigenvalue weighted by Crippen LogP contribution is -2.42. The van der Waals surface area contributed by atoms with Gasteiger partial charge in [-0.25, -0.2) is 4.99 Å². The molecule has 0 aliphatic carbocycles. The third kappa shape index (κ3) is 6.06. The second kappa shape index (κ2) is 9.79. The van der Waals surface area contributed by atoms with Crippen LogP contribution in [0.15, 0.2) is 35.3 Å². The lowest BCUT2D eigenvalue weighted by molar-refractivity contribution is 0.674. The Hall–Kier alpha value is -2.57. The molecule has 1 aromatic carbocycles. The molecule has 2 aromatic rings. The van der Waals surface area contributed by atoms with Crippen molar-refractivity contribution >= 4 is 11.6 Å². The van der Waals surface area contributed by atoms with E-state index in [1.165, 1.54) is 5.69 Å². The Balaban J connectivity index is 1.83. The topological polar surface area (TPSA) is 70.4 Å². The first-order chi connectivity index (χ1) is 12.5. The smallest absolute Gasteiger partial charge is 0.191 e. The third-order valence-electron chi connectivity index (χ3n) is 4.15. The average Bonchev–Trinajstić information content (AvgIpc) is 2.95. The Morgan fingerprint density at radius 1 is 1.23 bits per heavy atom. The van der Waals surface area contributed by atoms with Crippen LogP contribution in [-0.2, 0) is 13.6 Å². The minimum Gasteiger partial charge on any atom is -0.375 e. The van der Waals surface area contributed by atoms with Crippen LogP contribution in [0.5, 0.6) is 0 Å². The number of nitrogens with zero attached hydrogens (tertiary/aromatic N) is 5. The molecule has 7 heteroatoms. The molecule has 0 aliphatic heterocycles. The molecule has 7 nitrogen and oxygen atoms in total. The average molecular weight is 358 g/mol. The molecule has 0 saturated carbocycles. The van der Waals surface area contributed by atoms with Gasteiger partial charge in [-0.3, -0.25) is 0 Å². The summed E-state index contributed by atoms with van der Waals surface area (Å²) in [6.45, 7) is 8.49. The van der Waals surface area contributed by atoms with E-state index in [4.69, 9.17) is 0 Å². The molecule has 2 N–H and O–H groups in total. The summed E-state index contributed by atoms with van der Waals surface area (Å²) in [5.41, 5.74) is 1.24. The zero-order valence-corrected chi connectivity index (χ0v) is 16.5. The summed E-state index contributed by atoms with van der Waals surface area (Å²) in [5, 5.41) is 15.0. The van der Waals surface area contributed by atoms with Gasteiger partial charge in [-0.1, -0.05) is 18.2 Å². The summed E-state index contributed by atoms with van der Waals surface area (Å²) in [4.78, 5) is 6.90. The van der Waals surface area contributed by atoms with Gasteiger partial charge in [0, 0.05) is 38.9 Å². The predicted molar refractivity (Wildman–Crippen MR) is 107 cm³/mol. The normalized spacial score (nSPS) is 11.7. The van der Waals surface area contributed by atoms with Crippen molar-refractivity contribution in [3.63, 3.8) is 0 Å². The van der Waals surface area contributed by atoms with Crippen molar-refractivity contribution < 1.29 is 0 Å². The maximum Gasteiger partial charge on any atom is 0.191 e. The first-order valence-corrected chi connectivity index (χ1v) is 9.13. The Labute approximate surface area is 156 Å². The van der Waals surface area contributed by atoms with Crippen LogP contribution in [0.3, 0.4) is 0 Å². The van der Waals surface area contributed by atoms with Gasteiger partial charge in [0.05, 0.1) is 0 Å². The van der Waals surface area contributed by atoms with E-state index >= 15 is 0 Å². The van der Waals surface area contributed by atoms with Crippen molar-refractivity contribution in [2.45, 2.75) is 39.8 Å². The van der Waals surface area contributed by atoms with Crippen LogP contribution in [0, 0.1) is 6.92 Å². The largest absolute Gasteiger partial charge is 0.375 e. The SMILES string of the molecule is Cc1nnc(CN=C(NCCCN(C)c2ccccc2)NC(C)C)n1C. The summed E-state index contributed by atoms with van der Waals surface area (Å²) in [6.07, 6.45) is 1.02. The molecule has 0 spiro atoms. The fourth-order valence-corrected chi connectivity index (χ4v) is 2.50. The number of benzene rings is 1. The highest BCUT2D eigenvalue weighted by molar-refractivity contribution is 5.79. The van der Waals surface area contributed by atoms with E-state index in [-0.39, 0.29) is 0 Å². The molecule has 0 fully saturated rings. The molecule has 0 aliphatic rings. The number of aliphatic imine (C=N–C) groups is 1. The van der Waals surface area contributed by atoms with Crippen LogP contribution in [0.1, 0.15) is 31.9 Å². The fraction of sp³-hybridized carbons (Fsp3) is 0.526. The van der Waals surface area contributed by atoms with Crippen LogP contribution < -0.4 is 15.5 Å². The van der Waals surface area contributed by atoms with E-state index in [1.54, 1.807) is 0 Å². The molecule has 1 aromatic heterocycles. The summed E-state index contributed by atoms with van der Waals surface area (Å²) in [5.74, 6) is 2.56. The van der Waals surface area contributed by atoms with E-state index in [0.717, 1.165) is 37.1 Å². The zero-order valence-electron chi connectivity index (χ0n) is 16.5. The summed E-state index contributed by atoms with van der Waals surface area (Å²) >= 11 is 0. The molecule has 0 radical (unpaired) electrons. The number of anilines is 1. The molecule has 142 valence electrons. The Morgan fingerprint density at radius 2 is 1.96 bits per heavy atom. The van der Waals surface area contributed by atoms with Gasteiger partial charge in [0.1, 0.15) is 12.4 Å². The van der Waals surface area contributed by atoms with Crippen LogP contribution >= 0.6 is 0 Å². The van der Waals surface area contributed by atoms with Gasteiger partial charge in [-0.05, 0) is 39.3 Å². The monoisotopic (exact) mass is 357 g/mol. The van der Waals surface area contributed by atoms with Crippen molar-refractivity contribution in [3.8, 4) is 0 Å². The zero-order chi connectivity index (χ0) is 18.9. The second-order valence-electron chi connectivity index (χ2n) is 6.72. The summed E-state index contributed by atoms with van der Waals surface area (Å²) in [6, 6.07) is 10.7. The van der Waals surface area contributed by atoms with Gasteiger partial charge in [-0.15, -0.1) is 10.2 Å². The molecule has 0 unspecified atom stereocenters. The minimum atomic E-state index is 0.314. The third-order valence-corrected chi connectivity index (χ3v) is 4.15. The summed E-state index contributed by atoms with van der Waals surface area (Å²) < 4.78 is 1.96. The van der Waals surface area contributed by atoms with Gasteiger partial charge < -0.3 is 20.1 Å². The van der Waals surface area contributed by atoms with E-state index < -0.39 is 0 Å². The lowest BCUT2D eigenvalue weighted by Gasteiger charge is -2.20. The molecule has 0 saturated heterocycles. The first kappa shape index (κ1) is 19.8. The molecule has 0 atom stereocenters. The van der Waals surface area contributed by atoms with E-state index in [2.05, 4.69) is 75.9 Å². The minimum absolute atomic E-state index is 0.314. The lowest BCUT2D eigenvalue weighted by atomic mass is 10.3. The fourth-order valence-electron chi connectivity index (χ4n) is 2.50. The number of aromatic nitrogens is 3. The first-order valence-electron chi connectivity index (χ1n) is 9.13. The highest BCUT2D eigenvalue weighted by Crippen LogP contribution is 2.10. The number of hydrogen-bond donors (Lipinski definition) is 2. The van der Waals surface area contributed by atoms with E-state index in [0.29, 0.717) is 12.6 Å². The maximum atomic E-state index is 4.64. The van der Waals surface area contributed by atoms with Crippen LogP contribution in [0.4, 0.5) is 5.69 Å². The highest BCUT2D eigenvalue weighted by Gasteiger charge is 2.06. The van der Waals surface area contributed by atoms with Crippen molar-refractivity contribution in [1.29, 1.82) is 0 Å². The predicted octanol–water partition coefficient (Wildman–Crippen LogP) is 2.09. The van der Waals surface area contributed by atoms with Gasteiger partial charge in [0.25, 0.3) is 0 Å². The van der Waals surface area contributed by atoms with Crippen molar-refractivity contribution in [3.05, 3.63) is 42.0 Å². The van der Waals surface area contributed by atoms with E-state index in [1.807, 2.05) is 24.6 Å². The number of hydrogen-bond acceptors (Lipinski definition) is 4. The summed E-state index contributed by atoms with van der Waals surface area (Å²) in [7, 11) is 4.08. The number of rotatable bonds is 8. The van der Waals surface area contributed by atoms with Gasteiger partial charge in [0.15, 0.2) is 11.8 Å². The molecular formula is C19H31N7. The molecule has 0 amide bonds. The Kier molecular flexibility index (Phi) is 7.44. The Bertz CT molecular complexity index is 691. The quantitative estimate of drug-likeness (QED) is 0.430. The van der Waals surface area contributed by atoms with Crippen molar-refractivity contribution in [2.24, 2.45) is 12.0 Å². The van der Waals surface area contributed by atoms with Crippen molar-refractivity contribution in [2.75, 3.05) is 25.0 Å². The van der Waals surface area contributed by atoms with Gasteiger partial charge in [0.2, 0.25) is 0 Å². The second-order valence-corrected chi connectivity index (χ2v) is 6.72. The number of para-hydroxylation sites is 1. The Morgan fingerprint density at radius 3 is 2.58 bits per heavy atom. The van der Waals surface area contributed by atoms with Gasteiger partial charge in [-0.2, -0.15) is 0 Å². The van der Waals surface area contributed by atoms with Crippen LogP contribution in [0.2, 0.25) is 0 Å². The van der Waals surface area contributed by atoms with Crippen LogP contribution in [0.25, 0.3) is 0 Å². The molecule has 0 bridgehead atoms. The highest BCUT2D eigenvalue weighted by atomic mass is 15.3. The maximum absolute atomic E-state index is 4.64. The molecule has 1 heterocycles. The van der Waals surface area contributed by atoms with Crippen molar-refractivity contribution in [1.82, 2.24) is 25.4 Å². The number of aryl methyl sites for hydroxylation is 1. The molecule has 2 rings (SSSR count). The van der Waals surface area contributed by atoms with Gasteiger partial charge >= 0.3 is 0 Å².